The molecule has 0 saturated carbocycles. The molecule has 2 aromatic carbocycles. The van der Waals surface area contributed by atoms with E-state index in [0.717, 1.165) is 11.0 Å². The van der Waals surface area contributed by atoms with Gasteiger partial charge in [0.1, 0.15) is 5.82 Å². The molecule has 3 aromatic rings. The normalized spacial score (nSPS) is 19.9. The molecular formula is C17H11FN4O. The van der Waals surface area contributed by atoms with Gasteiger partial charge in [0, 0.05) is 0 Å². The summed E-state index contributed by atoms with van der Waals surface area (Å²) in [5, 5.41) is 12.1. The quantitative estimate of drug-likeness (QED) is 0.751. The van der Waals surface area contributed by atoms with Crippen LogP contribution in [0.1, 0.15) is 11.6 Å². The van der Waals surface area contributed by atoms with Crippen molar-refractivity contribution in [2.75, 3.05) is 5.32 Å². The topological polar surface area (TPSA) is 70.7 Å². The maximum atomic E-state index is 13.2. The van der Waals surface area contributed by atoms with Crippen LogP contribution in [0.25, 0.3) is 11.0 Å². The fourth-order valence-electron chi connectivity index (χ4n) is 3.03. The number of nitrogens with zero attached hydrogens (tertiary/aromatic N) is 3. The highest BCUT2D eigenvalue weighted by atomic mass is 19.1. The van der Waals surface area contributed by atoms with Crippen molar-refractivity contribution in [3.05, 3.63) is 59.9 Å². The average molecular weight is 306 g/mol. The number of para-hydroxylation sites is 2. The number of hydrogen-bond acceptors (Lipinski definition) is 3. The lowest BCUT2D eigenvalue weighted by Gasteiger charge is -2.29. The van der Waals surface area contributed by atoms with Crippen molar-refractivity contribution >= 4 is 22.9 Å². The number of amides is 1. The molecule has 5 nitrogen and oxygen atoms in total. The maximum absolute atomic E-state index is 13.2. The molecule has 0 aliphatic carbocycles. The molecule has 0 spiro atoms. The van der Waals surface area contributed by atoms with Crippen LogP contribution in [-0.4, -0.2) is 15.5 Å². The Bertz CT molecular complexity index is 955. The number of rotatable bonds is 1. The Morgan fingerprint density at radius 1 is 1.17 bits per heavy atom. The summed E-state index contributed by atoms with van der Waals surface area (Å²) in [4.78, 5) is 16.7. The van der Waals surface area contributed by atoms with Gasteiger partial charge in [-0.2, -0.15) is 5.26 Å². The minimum absolute atomic E-state index is 0.363. The van der Waals surface area contributed by atoms with Crippen LogP contribution in [0.2, 0.25) is 0 Å². The van der Waals surface area contributed by atoms with Crippen molar-refractivity contribution in [2.45, 2.75) is 6.04 Å². The van der Waals surface area contributed by atoms with Gasteiger partial charge in [-0.25, -0.2) is 9.37 Å². The highest BCUT2D eigenvalue weighted by Gasteiger charge is 2.38. The van der Waals surface area contributed by atoms with Gasteiger partial charge in [-0.15, -0.1) is 0 Å². The Kier molecular flexibility index (Phi) is 2.88. The predicted molar refractivity (Wildman–Crippen MR) is 82.0 cm³/mol. The molecule has 23 heavy (non-hydrogen) atoms. The molecule has 112 valence electrons. The van der Waals surface area contributed by atoms with E-state index in [1.54, 1.807) is 12.1 Å². The summed E-state index contributed by atoms with van der Waals surface area (Å²) in [7, 11) is 0. The third kappa shape index (κ3) is 1.98. The second-order valence-electron chi connectivity index (χ2n) is 5.39. The Balaban J connectivity index is 2.00. The molecule has 1 aliphatic rings. The van der Waals surface area contributed by atoms with Crippen LogP contribution in [0.15, 0.2) is 48.5 Å². The van der Waals surface area contributed by atoms with Gasteiger partial charge in [-0.1, -0.05) is 24.3 Å². The summed E-state index contributed by atoms with van der Waals surface area (Å²) < 4.78 is 15.1. The molecule has 6 heteroatoms. The smallest absolute Gasteiger partial charge is 0.246 e. The van der Waals surface area contributed by atoms with Gasteiger partial charge in [0.25, 0.3) is 0 Å². The number of fused-ring (bicyclic) bond motifs is 3. The standard InChI is InChI=1S/C17H11FN4O/c18-11-7-5-10(6-8-11)15-12(9-19)16(23)21-17-20-13-3-1-2-4-14(13)22(15)17/h1-8,12,15H,(H,20,21,23)/t12-,15-/m1/s1. The average Bonchev–Trinajstić information content (AvgIpc) is 2.92. The largest absolute Gasteiger partial charge is 0.300 e. The Morgan fingerprint density at radius 2 is 1.91 bits per heavy atom. The summed E-state index contributed by atoms with van der Waals surface area (Å²) in [5.74, 6) is -1.27. The van der Waals surface area contributed by atoms with Crippen LogP contribution < -0.4 is 5.32 Å². The first kappa shape index (κ1) is 13.5. The monoisotopic (exact) mass is 306 g/mol. The molecule has 0 unspecified atom stereocenters. The first-order valence-electron chi connectivity index (χ1n) is 7.12. The van der Waals surface area contributed by atoms with Gasteiger partial charge in [0.2, 0.25) is 11.9 Å². The number of nitriles is 1. The van der Waals surface area contributed by atoms with E-state index in [-0.39, 0.29) is 5.82 Å². The molecule has 0 saturated heterocycles. The molecule has 0 radical (unpaired) electrons. The number of benzene rings is 2. The zero-order valence-electron chi connectivity index (χ0n) is 11.9. The third-order valence-corrected chi connectivity index (χ3v) is 4.06. The maximum Gasteiger partial charge on any atom is 0.246 e. The Hall–Kier alpha value is -3.20. The number of halogens is 1. The molecule has 1 aromatic heterocycles. The molecule has 2 heterocycles. The Morgan fingerprint density at radius 3 is 2.65 bits per heavy atom. The van der Waals surface area contributed by atoms with Crippen molar-refractivity contribution in [1.29, 1.82) is 5.26 Å². The van der Waals surface area contributed by atoms with E-state index in [0.29, 0.717) is 11.5 Å². The molecule has 0 bridgehead atoms. The van der Waals surface area contributed by atoms with Gasteiger partial charge in [-0.3, -0.25) is 10.1 Å². The van der Waals surface area contributed by atoms with Gasteiger partial charge in [0.05, 0.1) is 23.1 Å². The number of hydrogen-bond donors (Lipinski definition) is 1. The first-order valence-corrected chi connectivity index (χ1v) is 7.12. The number of imidazole rings is 1. The van der Waals surface area contributed by atoms with E-state index in [1.165, 1.54) is 12.1 Å². The first-order chi connectivity index (χ1) is 11.2. The highest BCUT2D eigenvalue weighted by Crippen LogP contribution is 2.37. The predicted octanol–water partition coefficient (Wildman–Crippen LogP) is 2.86. The zero-order valence-corrected chi connectivity index (χ0v) is 11.9. The second-order valence-corrected chi connectivity index (χ2v) is 5.39. The minimum atomic E-state index is -0.912. The van der Waals surface area contributed by atoms with Crippen molar-refractivity contribution in [1.82, 2.24) is 9.55 Å². The van der Waals surface area contributed by atoms with Crippen LogP contribution in [0.4, 0.5) is 10.3 Å². The molecule has 0 fully saturated rings. The number of anilines is 1. The van der Waals surface area contributed by atoms with Crippen LogP contribution in [0.5, 0.6) is 0 Å². The van der Waals surface area contributed by atoms with Crippen molar-refractivity contribution in [3.63, 3.8) is 0 Å². The summed E-state index contributed by atoms with van der Waals surface area (Å²) >= 11 is 0. The van der Waals surface area contributed by atoms with Gasteiger partial charge >= 0.3 is 0 Å². The van der Waals surface area contributed by atoms with Gasteiger partial charge in [-0.05, 0) is 29.8 Å². The van der Waals surface area contributed by atoms with E-state index < -0.39 is 17.9 Å². The lowest BCUT2D eigenvalue weighted by atomic mass is 9.91. The molecule has 2 atom stereocenters. The number of carbonyl (C=O) groups is 1. The van der Waals surface area contributed by atoms with Gasteiger partial charge < -0.3 is 4.57 Å². The van der Waals surface area contributed by atoms with Crippen molar-refractivity contribution < 1.29 is 9.18 Å². The second kappa shape index (κ2) is 4.92. The van der Waals surface area contributed by atoms with E-state index in [9.17, 15) is 14.4 Å². The fraction of sp³-hybridized carbons (Fsp3) is 0.118. The van der Waals surface area contributed by atoms with E-state index >= 15 is 0 Å². The number of carbonyl (C=O) groups excluding carboxylic acids is 1. The van der Waals surface area contributed by atoms with Crippen molar-refractivity contribution in [2.24, 2.45) is 5.92 Å². The number of nitrogens with one attached hydrogen (secondary N) is 1. The summed E-state index contributed by atoms with van der Waals surface area (Å²) in [6.45, 7) is 0. The Labute approximate surface area is 131 Å². The molecular weight excluding hydrogens is 295 g/mol. The SMILES string of the molecule is N#C[C@H]1C(=O)Nc2nc3ccccc3n2[C@@H]1c1ccc(F)cc1. The summed E-state index contributed by atoms with van der Waals surface area (Å²) in [6, 6.07) is 14.8. The highest BCUT2D eigenvalue weighted by molar-refractivity contribution is 5.97. The molecule has 1 N–H and O–H groups in total. The molecule has 1 amide bonds. The molecule has 4 rings (SSSR count). The van der Waals surface area contributed by atoms with E-state index in [1.807, 2.05) is 28.8 Å². The third-order valence-electron chi connectivity index (χ3n) is 4.06. The minimum Gasteiger partial charge on any atom is -0.300 e. The lowest BCUT2D eigenvalue weighted by molar-refractivity contribution is -0.119. The number of aromatic nitrogens is 2. The lowest BCUT2D eigenvalue weighted by Crippen LogP contribution is -2.37. The summed E-state index contributed by atoms with van der Waals surface area (Å²) in [6.07, 6.45) is 0. The van der Waals surface area contributed by atoms with E-state index in [2.05, 4.69) is 16.4 Å². The van der Waals surface area contributed by atoms with Crippen LogP contribution in [0.3, 0.4) is 0 Å². The fourth-order valence-corrected chi connectivity index (χ4v) is 3.03. The molecule has 1 aliphatic heterocycles. The van der Waals surface area contributed by atoms with Crippen LogP contribution in [-0.2, 0) is 4.79 Å². The van der Waals surface area contributed by atoms with E-state index in [4.69, 9.17) is 0 Å². The zero-order chi connectivity index (χ0) is 16.0. The van der Waals surface area contributed by atoms with Crippen LogP contribution >= 0.6 is 0 Å². The van der Waals surface area contributed by atoms with Crippen LogP contribution in [0, 0.1) is 23.1 Å². The van der Waals surface area contributed by atoms with Crippen molar-refractivity contribution in [3.8, 4) is 6.07 Å². The van der Waals surface area contributed by atoms with Gasteiger partial charge in [0.15, 0.2) is 5.92 Å². The summed E-state index contributed by atoms with van der Waals surface area (Å²) in [5.41, 5.74) is 2.24.